The highest BCUT2D eigenvalue weighted by Crippen LogP contribution is 2.27. The van der Waals surface area contributed by atoms with E-state index >= 15 is 0 Å². The molecule has 0 aliphatic heterocycles. The molecule has 3 rings (SSSR count). The first-order chi connectivity index (χ1) is 13.5. The average molecular weight is 462 g/mol. The van der Waals surface area contributed by atoms with Crippen LogP contribution in [0.5, 0.6) is 11.5 Å². The highest BCUT2D eigenvalue weighted by molar-refractivity contribution is 9.10. The molecule has 3 aromatic carbocycles. The van der Waals surface area contributed by atoms with Crippen molar-refractivity contribution in [2.24, 2.45) is 0 Å². The third-order valence-electron chi connectivity index (χ3n) is 3.87. The number of hydrogen-bond donors (Lipinski definition) is 0. The summed E-state index contributed by atoms with van der Waals surface area (Å²) in [6.45, 7) is 0. The molecule has 28 heavy (non-hydrogen) atoms. The molecule has 0 saturated heterocycles. The molecule has 0 aromatic heterocycles. The molecule has 0 atom stereocenters. The van der Waals surface area contributed by atoms with E-state index in [0.29, 0.717) is 27.6 Å². The van der Waals surface area contributed by atoms with E-state index in [1.807, 2.05) is 24.3 Å². The second-order valence-corrected chi connectivity index (χ2v) is 6.87. The van der Waals surface area contributed by atoms with Gasteiger partial charge in [0.2, 0.25) is 0 Å². The van der Waals surface area contributed by atoms with Crippen LogP contribution in [0.4, 0.5) is 0 Å². The summed E-state index contributed by atoms with van der Waals surface area (Å²) >= 11 is 9.06. The number of ether oxygens (including phenoxy) is 2. The Morgan fingerprint density at radius 1 is 0.786 bits per heavy atom. The van der Waals surface area contributed by atoms with Gasteiger partial charge in [-0.05, 0) is 59.7 Å². The third kappa shape index (κ3) is 5.68. The van der Waals surface area contributed by atoms with Crippen molar-refractivity contribution in [3.05, 3.63) is 81.3 Å². The van der Waals surface area contributed by atoms with E-state index in [9.17, 15) is 9.59 Å². The van der Waals surface area contributed by atoms with Crippen molar-refractivity contribution in [2.75, 3.05) is 14.2 Å². The Balaban J connectivity index is 0.000000221. The lowest BCUT2D eigenvalue weighted by Gasteiger charge is -2.07. The Bertz CT molecular complexity index is 955. The van der Waals surface area contributed by atoms with Gasteiger partial charge in [-0.15, -0.1) is 0 Å². The molecule has 0 unspecified atom stereocenters. The van der Waals surface area contributed by atoms with Crippen LogP contribution < -0.4 is 9.47 Å². The van der Waals surface area contributed by atoms with Gasteiger partial charge in [0.15, 0.2) is 12.6 Å². The minimum absolute atomic E-state index is 0.601. The van der Waals surface area contributed by atoms with Crippen molar-refractivity contribution in [1.82, 2.24) is 0 Å². The number of carbonyl (C=O) groups excluding carboxylic acids is 2. The maximum Gasteiger partial charge on any atom is 0.151 e. The summed E-state index contributed by atoms with van der Waals surface area (Å²) in [6, 6.07) is 18.0. The second-order valence-electron chi connectivity index (χ2n) is 5.58. The fourth-order valence-electron chi connectivity index (χ4n) is 2.40. The Labute approximate surface area is 177 Å². The van der Waals surface area contributed by atoms with Crippen molar-refractivity contribution < 1.29 is 19.1 Å². The summed E-state index contributed by atoms with van der Waals surface area (Å²) in [5.74, 6) is 1.36. The van der Waals surface area contributed by atoms with Gasteiger partial charge >= 0.3 is 0 Å². The fraction of sp³-hybridized carbons (Fsp3) is 0.0909. The third-order valence-corrected chi connectivity index (χ3v) is 4.85. The van der Waals surface area contributed by atoms with Gasteiger partial charge < -0.3 is 9.47 Å². The summed E-state index contributed by atoms with van der Waals surface area (Å²) in [6.07, 6.45) is 1.61. The van der Waals surface area contributed by atoms with Crippen molar-refractivity contribution in [2.45, 2.75) is 0 Å². The van der Waals surface area contributed by atoms with Crippen LogP contribution in [0.1, 0.15) is 20.7 Å². The first-order valence-corrected chi connectivity index (χ1v) is 9.37. The first kappa shape index (κ1) is 21.7. The van der Waals surface area contributed by atoms with Crippen LogP contribution in [0.15, 0.2) is 65.1 Å². The standard InChI is InChI=1S/C14H11ClO2.C8H7BrO2/c1-17-13-6-7-14(11(8-13)9-16)10-2-4-12(15)5-3-10;1-11-7-2-3-8(9)6(4-7)5-10/h2-9H,1H3;2-5H,1H3. The van der Waals surface area contributed by atoms with Gasteiger partial charge in [-0.1, -0.05) is 39.7 Å². The summed E-state index contributed by atoms with van der Waals surface area (Å²) < 4.78 is 10.8. The molecule has 0 aliphatic carbocycles. The maximum absolute atomic E-state index is 11.1. The Kier molecular flexibility index (Phi) is 8.23. The van der Waals surface area contributed by atoms with Crippen LogP contribution in [0, 0.1) is 0 Å². The lowest BCUT2D eigenvalue weighted by atomic mass is 10.0. The highest BCUT2D eigenvalue weighted by atomic mass is 79.9. The van der Waals surface area contributed by atoms with Crippen LogP contribution in [-0.2, 0) is 0 Å². The predicted octanol–water partition coefficient (Wildman–Crippen LogP) is 6.10. The quantitative estimate of drug-likeness (QED) is 0.431. The zero-order chi connectivity index (χ0) is 20.5. The van der Waals surface area contributed by atoms with Gasteiger partial charge in [-0.2, -0.15) is 0 Å². The predicted molar refractivity (Wildman–Crippen MR) is 115 cm³/mol. The largest absolute Gasteiger partial charge is 0.497 e. The topological polar surface area (TPSA) is 52.6 Å². The molecule has 3 aromatic rings. The van der Waals surface area contributed by atoms with Gasteiger partial charge in [0.05, 0.1) is 14.2 Å². The highest BCUT2D eigenvalue weighted by Gasteiger charge is 2.06. The molecule has 0 aliphatic rings. The lowest BCUT2D eigenvalue weighted by Crippen LogP contribution is -1.90. The molecule has 4 nitrogen and oxygen atoms in total. The lowest BCUT2D eigenvalue weighted by molar-refractivity contribution is 0.111. The Morgan fingerprint density at radius 2 is 1.32 bits per heavy atom. The number of carbonyl (C=O) groups is 2. The summed E-state index contributed by atoms with van der Waals surface area (Å²) in [4.78, 5) is 21.5. The Hall–Kier alpha value is -2.63. The fourth-order valence-corrected chi connectivity index (χ4v) is 2.86. The average Bonchev–Trinajstić information content (AvgIpc) is 2.74. The van der Waals surface area contributed by atoms with E-state index in [1.54, 1.807) is 50.6 Å². The number of hydrogen-bond acceptors (Lipinski definition) is 4. The zero-order valence-corrected chi connectivity index (χ0v) is 17.7. The molecular weight excluding hydrogens is 444 g/mol. The molecule has 0 N–H and O–H groups in total. The minimum atomic E-state index is 0.601. The van der Waals surface area contributed by atoms with Crippen LogP contribution in [0.2, 0.25) is 5.02 Å². The van der Waals surface area contributed by atoms with Crippen molar-refractivity contribution in [3.63, 3.8) is 0 Å². The molecule has 0 fully saturated rings. The molecule has 0 spiro atoms. The summed E-state index contributed by atoms with van der Waals surface area (Å²) in [7, 11) is 3.14. The van der Waals surface area contributed by atoms with Crippen LogP contribution in [-0.4, -0.2) is 26.8 Å². The van der Waals surface area contributed by atoms with Crippen molar-refractivity contribution in [3.8, 4) is 22.6 Å². The van der Waals surface area contributed by atoms with E-state index in [-0.39, 0.29) is 0 Å². The van der Waals surface area contributed by atoms with E-state index in [2.05, 4.69) is 15.9 Å². The molecule has 144 valence electrons. The number of benzene rings is 3. The minimum Gasteiger partial charge on any atom is -0.497 e. The number of rotatable bonds is 5. The molecular formula is C22H18BrClO4. The molecule has 0 saturated carbocycles. The SMILES string of the molecule is COc1ccc(-c2ccc(Cl)cc2)c(C=O)c1.COc1ccc(Br)c(C=O)c1. The molecule has 6 heteroatoms. The summed E-state index contributed by atoms with van der Waals surface area (Å²) in [5, 5.41) is 0.676. The maximum atomic E-state index is 11.1. The van der Waals surface area contributed by atoms with Crippen molar-refractivity contribution >= 4 is 40.1 Å². The van der Waals surface area contributed by atoms with Gasteiger partial charge in [0, 0.05) is 20.6 Å². The van der Waals surface area contributed by atoms with Crippen LogP contribution >= 0.6 is 27.5 Å². The first-order valence-electron chi connectivity index (χ1n) is 8.20. The van der Waals surface area contributed by atoms with Gasteiger partial charge in [0.25, 0.3) is 0 Å². The van der Waals surface area contributed by atoms with E-state index in [4.69, 9.17) is 21.1 Å². The molecule has 0 heterocycles. The monoisotopic (exact) mass is 460 g/mol. The van der Waals surface area contributed by atoms with E-state index < -0.39 is 0 Å². The molecule has 0 radical (unpaired) electrons. The number of methoxy groups -OCH3 is 2. The molecule has 0 amide bonds. The van der Waals surface area contributed by atoms with E-state index in [1.165, 1.54) is 0 Å². The molecule has 0 bridgehead atoms. The van der Waals surface area contributed by atoms with Gasteiger partial charge in [0.1, 0.15) is 11.5 Å². The van der Waals surface area contributed by atoms with E-state index in [0.717, 1.165) is 28.2 Å². The Morgan fingerprint density at radius 3 is 1.86 bits per heavy atom. The van der Waals surface area contributed by atoms with Crippen LogP contribution in [0.25, 0.3) is 11.1 Å². The smallest absolute Gasteiger partial charge is 0.151 e. The number of halogens is 2. The normalized spacial score (nSPS) is 9.71. The van der Waals surface area contributed by atoms with Crippen LogP contribution in [0.3, 0.4) is 0 Å². The summed E-state index contributed by atoms with van der Waals surface area (Å²) in [5.41, 5.74) is 3.03. The van der Waals surface area contributed by atoms with Gasteiger partial charge in [-0.25, -0.2) is 0 Å². The van der Waals surface area contributed by atoms with Gasteiger partial charge in [-0.3, -0.25) is 9.59 Å². The van der Waals surface area contributed by atoms with Crippen molar-refractivity contribution in [1.29, 1.82) is 0 Å². The number of aldehydes is 2. The second kappa shape index (κ2) is 10.6. The zero-order valence-electron chi connectivity index (χ0n) is 15.3.